The number of amides is 3. The first kappa shape index (κ1) is 34.8. The van der Waals surface area contributed by atoms with E-state index in [1.807, 2.05) is 68.2 Å². The number of nitrogens with zero attached hydrogens (tertiary/aromatic N) is 2. The molecular weight excluding hydrogens is 598 g/mol. The number of nitrogens with one attached hydrogen (secondary N) is 1. The Hall–Kier alpha value is -3.50. The number of hydrogen-bond donors (Lipinski definition) is 2. The summed E-state index contributed by atoms with van der Waals surface area (Å²) in [6.45, 7) is 14.1. The topological polar surface area (TPSA) is 125 Å². The molecule has 47 heavy (non-hydrogen) atoms. The highest BCUT2D eigenvalue weighted by Crippen LogP contribution is 2.54. The van der Waals surface area contributed by atoms with Gasteiger partial charge in [-0.25, -0.2) is 0 Å². The van der Waals surface area contributed by atoms with Gasteiger partial charge in [0.1, 0.15) is 23.7 Å². The number of cyclic esters (lactones) is 1. The summed E-state index contributed by atoms with van der Waals surface area (Å²) in [5.74, 6) is -3.62. The lowest BCUT2D eigenvalue weighted by Gasteiger charge is -2.45. The molecular formula is C37H51N3O7. The van der Waals surface area contributed by atoms with Gasteiger partial charge >= 0.3 is 5.97 Å². The maximum Gasteiger partial charge on any atom is 0.313 e. The average Bonchev–Trinajstić information content (AvgIpc) is 3.38. The van der Waals surface area contributed by atoms with Crippen molar-refractivity contribution in [3.05, 3.63) is 60.2 Å². The number of carbonyl (C=O) groups excluding carboxylic acids is 4. The molecule has 0 aromatic heterocycles. The highest BCUT2D eigenvalue weighted by molar-refractivity contribution is 5.99. The molecule has 1 aromatic carbocycles. The molecule has 256 valence electrons. The summed E-state index contributed by atoms with van der Waals surface area (Å²) in [5.41, 5.74) is -1.41. The standard InChI is InChI=1S/C37H51N3O7/c1-8-25(21-41)40-31-33(44)39(36(6,7)22-35(3,4)5)20-14-19-37(31)29(32(40)43)28-26(47-37)17-12-13-18-27(42)38-23(2)30(46-34(28)45)24-15-10-9-11-16-24/h9-12,14-17,19,23,25-26,28-31,41H,8,13,18,20-22H2,1-7H3,(H,38,42)/b17-12-/t23-,25-,26-,28+,29+,30+,31-,37+/m0/s1. The Balaban J connectivity index is 1.63. The van der Waals surface area contributed by atoms with Crippen molar-refractivity contribution in [2.75, 3.05) is 13.2 Å². The lowest BCUT2D eigenvalue weighted by Crippen LogP contribution is -2.61. The number of fused-ring (bicyclic) bond motifs is 2. The van der Waals surface area contributed by atoms with Crippen LogP contribution in [0.2, 0.25) is 0 Å². The molecule has 4 aliphatic heterocycles. The highest BCUT2D eigenvalue weighted by Gasteiger charge is 2.73. The van der Waals surface area contributed by atoms with E-state index in [1.54, 1.807) is 19.1 Å². The minimum Gasteiger partial charge on any atom is -0.455 e. The summed E-state index contributed by atoms with van der Waals surface area (Å²) < 4.78 is 13.1. The lowest BCUT2D eigenvalue weighted by atomic mass is 9.77. The summed E-state index contributed by atoms with van der Waals surface area (Å²) in [6.07, 6.45) is 7.27. The monoisotopic (exact) mass is 649 g/mol. The smallest absolute Gasteiger partial charge is 0.313 e. The van der Waals surface area contributed by atoms with Gasteiger partial charge in [0.05, 0.1) is 30.7 Å². The van der Waals surface area contributed by atoms with Crippen LogP contribution in [0, 0.1) is 17.3 Å². The first-order valence-electron chi connectivity index (χ1n) is 17.0. The van der Waals surface area contributed by atoms with E-state index in [-0.39, 0.29) is 30.3 Å². The van der Waals surface area contributed by atoms with Gasteiger partial charge in [-0.2, -0.15) is 0 Å². The molecule has 0 aliphatic carbocycles. The Morgan fingerprint density at radius 1 is 1.04 bits per heavy atom. The van der Waals surface area contributed by atoms with E-state index in [9.17, 15) is 24.3 Å². The van der Waals surface area contributed by atoms with Gasteiger partial charge in [-0.05, 0) is 51.0 Å². The number of likely N-dealkylation sites (tertiary alicyclic amines) is 1. The molecule has 2 saturated heterocycles. The van der Waals surface area contributed by atoms with E-state index in [0.29, 0.717) is 31.4 Å². The molecule has 0 radical (unpaired) electrons. The third-order valence-electron chi connectivity index (χ3n) is 10.1. The number of rotatable bonds is 6. The van der Waals surface area contributed by atoms with Crippen LogP contribution in [-0.2, 0) is 28.7 Å². The predicted octanol–water partition coefficient (Wildman–Crippen LogP) is 4.09. The van der Waals surface area contributed by atoms with E-state index in [1.165, 1.54) is 4.90 Å². The van der Waals surface area contributed by atoms with Crippen molar-refractivity contribution < 1.29 is 33.8 Å². The number of carbonyl (C=O) groups is 4. The quantitative estimate of drug-likeness (QED) is 0.351. The summed E-state index contributed by atoms with van der Waals surface area (Å²) in [5, 5.41) is 13.4. The SMILES string of the molecule is CC[C@@H](CO)N1C(=O)[C@H]2[C@@H]3C(=O)O[C@@H](c4ccccc4)[C@H](C)NC(=O)CC/C=C\[C@@H]3O[C@]23C=CCN(C(C)(C)CC(C)(C)C)C(=O)[C@H]13. The second-order valence-corrected chi connectivity index (χ2v) is 15.3. The Morgan fingerprint density at radius 2 is 1.74 bits per heavy atom. The fourth-order valence-electron chi connectivity index (χ4n) is 8.39. The van der Waals surface area contributed by atoms with Crippen LogP contribution in [0.5, 0.6) is 0 Å². The third kappa shape index (κ3) is 6.51. The van der Waals surface area contributed by atoms with Crippen LogP contribution in [0.1, 0.15) is 85.8 Å². The van der Waals surface area contributed by atoms with Crippen molar-refractivity contribution in [2.45, 2.75) is 116 Å². The average molecular weight is 650 g/mol. The molecule has 5 rings (SSSR count). The van der Waals surface area contributed by atoms with Crippen LogP contribution in [0.15, 0.2) is 54.6 Å². The van der Waals surface area contributed by atoms with Gasteiger partial charge in [0, 0.05) is 18.5 Å². The molecule has 0 saturated carbocycles. The molecule has 4 aliphatic rings. The molecule has 3 amide bonds. The van der Waals surface area contributed by atoms with E-state index in [4.69, 9.17) is 9.47 Å². The molecule has 10 nitrogen and oxygen atoms in total. The van der Waals surface area contributed by atoms with Crippen molar-refractivity contribution in [2.24, 2.45) is 17.3 Å². The summed E-state index contributed by atoms with van der Waals surface area (Å²) in [7, 11) is 0. The Morgan fingerprint density at radius 3 is 2.38 bits per heavy atom. The molecule has 1 spiro atoms. The van der Waals surface area contributed by atoms with E-state index in [2.05, 4.69) is 26.1 Å². The zero-order valence-electron chi connectivity index (χ0n) is 28.8. The zero-order valence-corrected chi connectivity index (χ0v) is 28.8. The van der Waals surface area contributed by atoms with Gasteiger partial charge in [-0.15, -0.1) is 0 Å². The molecule has 2 fully saturated rings. The van der Waals surface area contributed by atoms with Crippen LogP contribution in [0.25, 0.3) is 0 Å². The van der Waals surface area contributed by atoms with Crippen molar-refractivity contribution in [1.29, 1.82) is 0 Å². The van der Waals surface area contributed by atoms with Gasteiger partial charge in [0.15, 0.2) is 0 Å². The van der Waals surface area contributed by atoms with E-state index in [0.717, 1.165) is 0 Å². The minimum atomic E-state index is -1.47. The van der Waals surface area contributed by atoms with Crippen LogP contribution in [0.3, 0.4) is 0 Å². The number of esters is 1. The highest BCUT2D eigenvalue weighted by atomic mass is 16.6. The van der Waals surface area contributed by atoms with E-state index >= 15 is 0 Å². The maximum atomic E-state index is 14.9. The van der Waals surface area contributed by atoms with Gasteiger partial charge in [-0.3, -0.25) is 19.2 Å². The van der Waals surface area contributed by atoms with Crippen molar-refractivity contribution in [1.82, 2.24) is 15.1 Å². The first-order chi connectivity index (χ1) is 22.1. The second-order valence-electron chi connectivity index (χ2n) is 15.3. The molecule has 0 bridgehead atoms. The molecule has 2 N–H and O–H groups in total. The summed E-state index contributed by atoms with van der Waals surface area (Å²) >= 11 is 0. The largest absolute Gasteiger partial charge is 0.455 e. The first-order valence-corrected chi connectivity index (χ1v) is 17.0. The van der Waals surface area contributed by atoms with Crippen LogP contribution < -0.4 is 5.32 Å². The summed E-state index contributed by atoms with van der Waals surface area (Å²) in [4.78, 5) is 60.1. The second kappa shape index (κ2) is 13.2. The number of hydrogen-bond acceptors (Lipinski definition) is 7. The van der Waals surface area contributed by atoms with E-state index < -0.39 is 65.2 Å². The van der Waals surface area contributed by atoms with Gasteiger partial charge in [-0.1, -0.05) is 82.3 Å². The van der Waals surface area contributed by atoms with Gasteiger partial charge in [0.2, 0.25) is 17.7 Å². The van der Waals surface area contributed by atoms with Gasteiger partial charge in [0.25, 0.3) is 0 Å². The maximum absolute atomic E-state index is 14.9. The third-order valence-corrected chi connectivity index (χ3v) is 10.1. The van der Waals surface area contributed by atoms with Crippen LogP contribution >= 0.6 is 0 Å². The molecule has 10 heteroatoms. The Labute approximate surface area is 278 Å². The minimum absolute atomic E-state index is 0.0801. The Kier molecular flexibility index (Phi) is 9.77. The van der Waals surface area contributed by atoms with Crippen LogP contribution in [0.4, 0.5) is 0 Å². The van der Waals surface area contributed by atoms with Crippen molar-refractivity contribution in [3.8, 4) is 0 Å². The molecule has 0 unspecified atom stereocenters. The summed E-state index contributed by atoms with van der Waals surface area (Å²) in [6, 6.07) is 6.92. The number of aliphatic hydroxyl groups excluding tert-OH is 1. The fourth-order valence-corrected chi connectivity index (χ4v) is 8.39. The van der Waals surface area contributed by atoms with Gasteiger partial charge < -0.3 is 29.7 Å². The fraction of sp³-hybridized carbons (Fsp3) is 0.622. The molecule has 8 atom stereocenters. The number of aliphatic hydroxyl groups is 1. The van der Waals surface area contributed by atoms with Crippen molar-refractivity contribution >= 4 is 23.7 Å². The molecule has 4 heterocycles. The number of ether oxygens (including phenoxy) is 2. The van der Waals surface area contributed by atoms with Crippen molar-refractivity contribution in [3.63, 3.8) is 0 Å². The normalized spacial score (nSPS) is 33.1. The van der Waals surface area contributed by atoms with Crippen LogP contribution in [-0.4, -0.2) is 87.1 Å². The number of allylic oxidation sites excluding steroid dienone is 1. The molecule has 1 aromatic rings. The lowest BCUT2D eigenvalue weighted by molar-refractivity contribution is -0.162. The zero-order chi connectivity index (χ0) is 34.3. The predicted molar refractivity (Wildman–Crippen MR) is 177 cm³/mol. The Bertz CT molecular complexity index is 1410. The number of benzene rings is 1.